The van der Waals surface area contributed by atoms with Crippen LogP contribution in [0.4, 0.5) is 5.82 Å². The van der Waals surface area contributed by atoms with Crippen LogP contribution in [0.15, 0.2) is 34.7 Å². The maximum absolute atomic E-state index is 12.8. The molecular formula is C25H29N5O3. The monoisotopic (exact) mass is 447 g/mol. The summed E-state index contributed by atoms with van der Waals surface area (Å²) >= 11 is 0. The average Bonchev–Trinajstić information content (AvgIpc) is 3.55. The second-order valence-electron chi connectivity index (χ2n) is 9.75. The fourth-order valence-corrected chi connectivity index (χ4v) is 5.34. The van der Waals surface area contributed by atoms with E-state index in [1.54, 1.807) is 18.2 Å². The first-order valence-electron chi connectivity index (χ1n) is 12.0. The highest BCUT2D eigenvalue weighted by Crippen LogP contribution is 2.36. The summed E-state index contributed by atoms with van der Waals surface area (Å²) in [6.45, 7) is 0.889. The molecule has 8 heteroatoms. The third-order valence-corrected chi connectivity index (χ3v) is 7.10. The molecule has 172 valence electrons. The highest BCUT2D eigenvalue weighted by atomic mass is 16.3. The minimum absolute atomic E-state index is 0.108. The number of nitrogens with zero attached hydrogens (tertiary/aromatic N) is 2. The number of carbonyl (C=O) groups is 1. The molecule has 8 nitrogen and oxygen atoms in total. The Morgan fingerprint density at radius 1 is 1.09 bits per heavy atom. The van der Waals surface area contributed by atoms with Gasteiger partial charge in [-0.15, -0.1) is 10.2 Å². The third-order valence-electron chi connectivity index (χ3n) is 7.10. The number of piperidine rings is 2. The SMILES string of the molecule is O=C(NC1CC1)c1oc2ccc(O)cc2c1-c1ccc(NCC2CC3CCCC(C2)N3)nn1. The van der Waals surface area contributed by atoms with E-state index < -0.39 is 0 Å². The summed E-state index contributed by atoms with van der Waals surface area (Å²) in [6.07, 6.45) is 8.30. The van der Waals surface area contributed by atoms with Crippen LogP contribution in [0.5, 0.6) is 5.75 Å². The topological polar surface area (TPSA) is 112 Å². The Kier molecular flexibility index (Phi) is 5.17. The lowest BCUT2D eigenvalue weighted by Gasteiger charge is -2.40. The lowest BCUT2D eigenvalue weighted by Crippen LogP contribution is -2.49. The van der Waals surface area contributed by atoms with Crippen molar-refractivity contribution in [3.63, 3.8) is 0 Å². The smallest absolute Gasteiger partial charge is 0.287 e. The van der Waals surface area contributed by atoms with Crippen LogP contribution in [0.2, 0.25) is 0 Å². The number of nitrogens with one attached hydrogen (secondary N) is 3. The molecule has 1 saturated carbocycles. The van der Waals surface area contributed by atoms with Gasteiger partial charge in [-0.1, -0.05) is 6.42 Å². The van der Waals surface area contributed by atoms with Gasteiger partial charge in [-0.05, 0) is 74.8 Å². The molecule has 2 unspecified atom stereocenters. The molecule has 1 amide bonds. The zero-order valence-corrected chi connectivity index (χ0v) is 18.5. The predicted octanol–water partition coefficient (Wildman–Crippen LogP) is 3.82. The summed E-state index contributed by atoms with van der Waals surface area (Å²) in [6, 6.07) is 10.1. The number of carbonyl (C=O) groups excluding carboxylic acids is 1. The van der Waals surface area contributed by atoms with Crippen molar-refractivity contribution in [1.29, 1.82) is 0 Å². The van der Waals surface area contributed by atoms with Crippen molar-refractivity contribution in [2.45, 2.75) is 63.1 Å². The van der Waals surface area contributed by atoms with E-state index in [4.69, 9.17) is 4.42 Å². The molecule has 3 fully saturated rings. The minimum atomic E-state index is -0.261. The van der Waals surface area contributed by atoms with Gasteiger partial charge in [-0.3, -0.25) is 4.79 Å². The van der Waals surface area contributed by atoms with Crippen LogP contribution in [0, 0.1) is 5.92 Å². The van der Waals surface area contributed by atoms with Gasteiger partial charge < -0.3 is 25.5 Å². The number of anilines is 1. The van der Waals surface area contributed by atoms with Gasteiger partial charge in [-0.2, -0.15) is 0 Å². The summed E-state index contributed by atoms with van der Waals surface area (Å²) < 4.78 is 5.88. The van der Waals surface area contributed by atoms with Crippen LogP contribution in [0.1, 0.15) is 55.5 Å². The van der Waals surface area contributed by atoms with Gasteiger partial charge in [0.05, 0.1) is 11.3 Å². The molecule has 3 aliphatic rings. The number of furan rings is 1. The lowest BCUT2D eigenvalue weighted by molar-refractivity contribution is 0.0926. The Balaban J connectivity index is 1.22. The molecule has 4 heterocycles. The van der Waals surface area contributed by atoms with E-state index in [0.29, 0.717) is 40.2 Å². The Labute approximate surface area is 192 Å². The molecule has 2 aromatic heterocycles. The van der Waals surface area contributed by atoms with Gasteiger partial charge in [0.25, 0.3) is 5.91 Å². The highest BCUT2D eigenvalue weighted by molar-refractivity contribution is 6.07. The first-order chi connectivity index (χ1) is 16.1. The first kappa shape index (κ1) is 20.5. The van der Waals surface area contributed by atoms with Crippen molar-refractivity contribution in [3.8, 4) is 17.0 Å². The number of hydrogen-bond donors (Lipinski definition) is 4. The number of amides is 1. The van der Waals surface area contributed by atoms with Gasteiger partial charge >= 0.3 is 0 Å². The molecule has 0 spiro atoms. The van der Waals surface area contributed by atoms with E-state index >= 15 is 0 Å². The van der Waals surface area contributed by atoms with Gasteiger partial charge in [-0.25, -0.2) is 0 Å². The molecule has 2 saturated heterocycles. The molecule has 33 heavy (non-hydrogen) atoms. The van der Waals surface area contributed by atoms with Crippen LogP contribution >= 0.6 is 0 Å². The second-order valence-corrected chi connectivity index (χ2v) is 9.75. The van der Waals surface area contributed by atoms with Crippen molar-refractivity contribution >= 4 is 22.7 Å². The Bertz CT molecular complexity index is 1160. The fourth-order valence-electron chi connectivity index (χ4n) is 5.34. The Morgan fingerprint density at radius 3 is 2.64 bits per heavy atom. The van der Waals surface area contributed by atoms with Crippen molar-refractivity contribution in [2.24, 2.45) is 5.92 Å². The number of aromatic nitrogens is 2. The lowest BCUT2D eigenvalue weighted by atomic mass is 9.80. The standard InChI is InChI=1S/C25H29N5O3/c31-18-6-8-21-19(12-18)23(24(33-21)25(32)28-15-4-5-15)20-7-9-22(30-29-20)26-13-14-10-16-2-1-3-17(11-14)27-16/h6-9,12,14-17,27,31H,1-5,10-11,13H2,(H,26,30)(H,28,32). The number of hydrogen-bond acceptors (Lipinski definition) is 7. The highest BCUT2D eigenvalue weighted by Gasteiger charge is 2.31. The molecule has 1 aliphatic carbocycles. The van der Waals surface area contributed by atoms with Crippen molar-refractivity contribution < 1.29 is 14.3 Å². The third kappa shape index (κ3) is 4.27. The van der Waals surface area contributed by atoms with Crippen LogP contribution in [-0.4, -0.2) is 45.9 Å². The van der Waals surface area contributed by atoms with E-state index in [-0.39, 0.29) is 23.5 Å². The number of benzene rings is 1. The summed E-state index contributed by atoms with van der Waals surface area (Å²) in [5, 5.41) is 29.6. The quantitative estimate of drug-likeness (QED) is 0.454. The molecule has 0 radical (unpaired) electrons. The van der Waals surface area contributed by atoms with E-state index in [9.17, 15) is 9.90 Å². The zero-order valence-electron chi connectivity index (χ0n) is 18.5. The first-order valence-corrected chi connectivity index (χ1v) is 12.0. The molecule has 2 bridgehead atoms. The van der Waals surface area contributed by atoms with E-state index in [2.05, 4.69) is 26.1 Å². The average molecular weight is 448 g/mol. The zero-order chi connectivity index (χ0) is 22.4. The van der Waals surface area contributed by atoms with Crippen LogP contribution in [0.25, 0.3) is 22.2 Å². The van der Waals surface area contributed by atoms with Crippen LogP contribution in [-0.2, 0) is 0 Å². The minimum Gasteiger partial charge on any atom is -0.508 e. The summed E-state index contributed by atoms with van der Waals surface area (Å²) in [4.78, 5) is 12.8. The molecule has 1 aromatic carbocycles. The van der Waals surface area contributed by atoms with Crippen molar-refractivity contribution in [1.82, 2.24) is 20.8 Å². The normalized spacial score (nSPS) is 24.5. The van der Waals surface area contributed by atoms with Gasteiger partial charge in [0.15, 0.2) is 0 Å². The van der Waals surface area contributed by atoms with E-state index in [1.165, 1.54) is 32.1 Å². The number of phenolic OH excluding ortho intramolecular Hbond substituents is 1. The fraction of sp³-hybridized carbons (Fsp3) is 0.480. The number of fused-ring (bicyclic) bond motifs is 3. The molecule has 2 aliphatic heterocycles. The molecule has 6 rings (SSSR count). The predicted molar refractivity (Wildman–Crippen MR) is 125 cm³/mol. The van der Waals surface area contributed by atoms with Crippen molar-refractivity contribution in [2.75, 3.05) is 11.9 Å². The number of phenols is 1. The van der Waals surface area contributed by atoms with E-state index in [0.717, 1.165) is 25.2 Å². The van der Waals surface area contributed by atoms with Crippen LogP contribution in [0.3, 0.4) is 0 Å². The maximum Gasteiger partial charge on any atom is 0.287 e. The summed E-state index contributed by atoms with van der Waals surface area (Å²) in [5.74, 6) is 1.42. The second kappa shape index (κ2) is 8.33. The number of aromatic hydroxyl groups is 1. The molecular weight excluding hydrogens is 418 g/mol. The summed E-state index contributed by atoms with van der Waals surface area (Å²) in [7, 11) is 0. The maximum atomic E-state index is 12.8. The number of rotatable bonds is 6. The van der Waals surface area contributed by atoms with Crippen LogP contribution < -0.4 is 16.0 Å². The van der Waals surface area contributed by atoms with E-state index in [1.807, 2.05) is 12.1 Å². The molecule has 3 aromatic rings. The largest absolute Gasteiger partial charge is 0.508 e. The van der Waals surface area contributed by atoms with Crippen molar-refractivity contribution in [3.05, 3.63) is 36.1 Å². The van der Waals surface area contributed by atoms with Gasteiger partial charge in [0.2, 0.25) is 5.76 Å². The Morgan fingerprint density at radius 2 is 1.91 bits per heavy atom. The van der Waals surface area contributed by atoms with Gasteiger partial charge in [0, 0.05) is 30.1 Å². The van der Waals surface area contributed by atoms with Gasteiger partial charge in [0.1, 0.15) is 17.2 Å². The summed E-state index contributed by atoms with van der Waals surface area (Å²) in [5.41, 5.74) is 1.63. The Hall–Kier alpha value is -3.13. The molecule has 4 N–H and O–H groups in total. The molecule has 2 atom stereocenters.